The van der Waals surface area contributed by atoms with Gasteiger partial charge in [-0.2, -0.15) is 0 Å². The molecule has 5 nitrogen and oxygen atoms in total. The molecular weight excluding hydrogens is 306 g/mol. The fraction of sp³-hybridized carbons (Fsp3) is 0.211. The van der Waals surface area contributed by atoms with Crippen molar-refractivity contribution in [2.45, 2.75) is 19.8 Å². The highest BCUT2D eigenvalue weighted by atomic mass is 16.4. The van der Waals surface area contributed by atoms with Crippen molar-refractivity contribution >= 4 is 22.9 Å². The lowest BCUT2D eigenvalue weighted by Crippen LogP contribution is -2.17. The largest absolute Gasteiger partial charge is 0.481 e. The van der Waals surface area contributed by atoms with E-state index in [-0.39, 0.29) is 12.2 Å². The number of Topliss-reactive ketones (excluding diaryl/α,β-unsaturated/α-hetero) is 1. The first-order valence-corrected chi connectivity index (χ1v) is 7.80. The van der Waals surface area contributed by atoms with Crippen LogP contribution in [0.15, 0.2) is 52.9 Å². The van der Waals surface area contributed by atoms with Crippen LogP contribution in [0.1, 0.15) is 30.1 Å². The molecule has 2 aromatic carbocycles. The SMILES string of the molecule is CCC(CC(=O)O)C(=O)c1ccc2nc(-c3ccccc3)oc2c1. The number of benzene rings is 2. The van der Waals surface area contributed by atoms with Crippen LogP contribution >= 0.6 is 0 Å². The second kappa shape index (κ2) is 6.66. The molecule has 1 heterocycles. The van der Waals surface area contributed by atoms with Crippen LogP contribution in [0.4, 0.5) is 0 Å². The molecule has 5 heteroatoms. The Morgan fingerprint density at radius 3 is 2.58 bits per heavy atom. The molecule has 0 aliphatic carbocycles. The van der Waals surface area contributed by atoms with E-state index in [9.17, 15) is 9.59 Å². The molecule has 24 heavy (non-hydrogen) atoms. The number of carboxylic acids is 1. The second-order valence-electron chi connectivity index (χ2n) is 5.63. The van der Waals surface area contributed by atoms with Crippen molar-refractivity contribution in [2.24, 2.45) is 5.92 Å². The number of carbonyl (C=O) groups is 2. The maximum Gasteiger partial charge on any atom is 0.304 e. The number of hydrogen-bond acceptors (Lipinski definition) is 4. The van der Waals surface area contributed by atoms with Crippen LogP contribution in [0.5, 0.6) is 0 Å². The van der Waals surface area contributed by atoms with E-state index in [0.717, 1.165) is 5.56 Å². The molecular formula is C19H17NO4. The van der Waals surface area contributed by atoms with E-state index in [1.165, 1.54) is 0 Å². The Hall–Kier alpha value is -2.95. The first-order valence-electron chi connectivity index (χ1n) is 7.80. The van der Waals surface area contributed by atoms with Gasteiger partial charge in [0, 0.05) is 17.0 Å². The van der Waals surface area contributed by atoms with Gasteiger partial charge in [0.1, 0.15) is 5.52 Å². The van der Waals surface area contributed by atoms with Gasteiger partial charge in [-0.05, 0) is 36.8 Å². The number of rotatable bonds is 6. The zero-order chi connectivity index (χ0) is 17.1. The monoisotopic (exact) mass is 323 g/mol. The van der Waals surface area contributed by atoms with Gasteiger partial charge in [0.2, 0.25) is 5.89 Å². The molecule has 0 bridgehead atoms. The quantitative estimate of drug-likeness (QED) is 0.688. The Morgan fingerprint density at radius 1 is 1.17 bits per heavy atom. The van der Waals surface area contributed by atoms with Crippen LogP contribution < -0.4 is 0 Å². The maximum atomic E-state index is 12.5. The summed E-state index contributed by atoms with van der Waals surface area (Å²) in [7, 11) is 0. The zero-order valence-electron chi connectivity index (χ0n) is 13.2. The highest BCUT2D eigenvalue weighted by Crippen LogP contribution is 2.26. The summed E-state index contributed by atoms with van der Waals surface area (Å²) in [6, 6.07) is 14.6. The van der Waals surface area contributed by atoms with E-state index in [2.05, 4.69) is 4.98 Å². The second-order valence-corrected chi connectivity index (χ2v) is 5.63. The molecule has 122 valence electrons. The Balaban J connectivity index is 1.94. The standard InChI is InChI=1S/C19H17NO4/c1-2-12(11-17(21)22)18(23)14-8-9-15-16(10-14)24-19(20-15)13-6-4-3-5-7-13/h3-10,12H,2,11H2,1H3,(H,21,22). The number of fused-ring (bicyclic) bond motifs is 1. The normalized spacial score (nSPS) is 12.2. The summed E-state index contributed by atoms with van der Waals surface area (Å²) in [5.74, 6) is -1.19. The van der Waals surface area contributed by atoms with Crippen molar-refractivity contribution in [1.29, 1.82) is 0 Å². The summed E-state index contributed by atoms with van der Waals surface area (Å²) in [6.45, 7) is 1.81. The number of ketones is 1. The summed E-state index contributed by atoms with van der Waals surface area (Å²) < 4.78 is 5.76. The average molecular weight is 323 g/mol. The molecule has 0 saturated heterocycles. The summed E-state index contributed by atoms with van der Waals surface area (Å²) in [5.41, 5.74) is 2.49. The molecule has 3 rings (SSSR count). The van der Waals surface area contributed by atoms with Crippen LogP contribution in [0.25, 0.3) is 22.6 Å². The smallest absolute Gasteiger partial charge is 0.304 e. The van der Waals surface area contributed by atoms with Crippen LogP contribution in [0, 0.1) is 5.92 Å². The third-order valence-corrected chi connectivity index (χ3v) is 3.98. The van der Waals surface area contributed by atoms with Crippen molar-refractivity contribution in [1.82, 2.24) is 4.98 Å². The maximum absolute atomic E-state index is 12.5. The van der Waals surface area contributed by atoms with Crippen LogP contribution in [0.2, 0.25) is 0 Å². The van der Waals surface area contributed by atoms with E-state index >= 15 is 0 Å². The Kier molecular flexibility index (Phi) is 4.42. The molecule has 1 atom stereocenters. The van der Waals surface area contributed by atoms with E-state index < -0.39 is 11.9 Å². The predicted molar refractivity (Wildman–Crippen MR) is 89.8 cm³/mol. The molecule has 1 N–H and O–H groups in total. The Morgan fingerprint density at radius 2 is 1.92 bits per heavy atom. The first-order chi connectivity index (χ1) is 11.6. The number of carbonyl (C=O) groups excluding carboxylic acids is 1. The lowest BCUT2D eigenvalue weighted by Gasteiger charge is -2.10. The van der Waals surface area contributed by atoms with Gasteiger partial charge >= 0.3 is 5.97 Å². The number of nitrogens with zero attached hydrogens (tertiary/aromatic N) is 1. The van der Waals surface area contributed by atoms with Gasteiger partial charge in [-0.1, -0.05) is 25.1 Å². The van der Waals surface area contributed by atoms with Crippen molar-refractivity contribution in [3.8, 4) is 11.5 Å². The fourth-order valence-electron chi connectivity index (χ4n) is 2.65. The molecule has 0 aliphatic heterocycles. The minimum absolute atomic E-state index is 0.168. The van der Waals surface area contributed by atoms with Gasteiger partial charge < -0.3 is 9.52 Å². The van der Waals surface area contributed by atoms with E-state index in [1.807, 2.05) is 37.3 Å². The predicted octanol–water partition coefficient (Wildman–Crippen LogP) is 4.18. The van der Waals surface area contributed by atoms with Gasteiger partial charge in [-0.15, -0.1) is 0 Å². The molecule has 0 spiro atoms. The van der Waals surface area contributed by atoms with Crippen molar-refractivity contribution in [2.75, 3.05) is 0 Å². The van der Waals surface area contributed by atoms with Crippen molar-refractivity contribution < 1.29 is 19.1 Å². The van der Waals surface area contributed by atoms with Crippen LogP contribution in [-0.4, -0.2) is 21.8 Å². The number of aliphatic carboxylic acids is 1. The summed E-state index contributed by atoms with van der Waals surface area (Å²) in [6.07, 6.45) is 0.313. The van der Waals surface area contributed by atoms with Crippen molar-refractivity contribution in [3.63, 3.8) is 0 Å². The molecule has 0 saturated carbocycles. The zero-order valence-corrected chi connectivity index (χ0v) is 13.2. The van der Waals surface area contributed by atoms with Gasteiger partial charge in [-0.25, -0.2) is 4.98 Å². The molecule has 0 radical (unpaired) electrons. The molecule has 1 aromatic heterocycles. The first kappa shape index (κ1) is 15.9. The van der Waals surface area contributed by atoms with Crippen LogP contribution in [-0.2, 0) is 4.79 Å². The molecule has 0 fully saturated rings. The minimum Gasteiger partial charge on any atom is -0.481 e. The van der Waals surface area contributed by atoms with Gasteiger partial charge in [0.15, 0.2) is 11.4 Å². The lowest BCUT2D eigenvalue weighted by atomic mass is 9.92. The summed E-state index contributed by atoms with van der Waals surface area (Å²) in [5, 5.41) is 8.93. The lowest BCUT2D eigenvalue weighted by molar-refractivity contribution is -0.137. The van der Waals surface area contributed by atoms with E-state index in [1.54, 1.807) is 18.2 Å². The summed E-state index contributed by atoms with van der Waals surface area (Å²) in [4.78, 5) is 27.8. The topological polar surface area (TPSA) is 80.4 Å². The number of hydrogen-bond donors (Lipinski definition) is 1. The third kappa shape index (κ3) is 3.20. The molecule has 0 aliphatic rings. The van der Waals surface area contributed by atoms with E-state index in [4.69, 9.17) is 9.52 Å². The minimum atomic E-state index is -0.970. The highest BCUT2D eigenvalue weighted by Gasteiger charge is 2.22. The molecule has 0 amide bonds. The third-order valence-electron chi connectivity index (χ3n) is 3.98. The average Bonchev–Trinajstić information content (AvgIpc) is 3.03. The molecule has 1 unspecified atom stereocenters. The van der Waals surface area contributed by atoms with Gasteiger partial charge in [0.05, 0.1) is 6.42 Å². The Bertz CT molecular complexity index is 883. The van der Waals surface area contributed by atoms with E-state index in [0.29, 0.717) is 29.0 Å². The number of carboxylic acid groups (broad SMARTS) is 1. The van der Waals surface area contributed by atoms with Gasteiger partial charge in [0.25, 0.3) is 0 Å². The fourth-order valence-corrected chi connectivity index (χ4v) is 2.65. The van der Waals surface area contributed by atoms with Crippen LogP contribution in [0.3, 0.4) is 0 Å². The van der Waals surface area contributed by atoms with Gasteiger partial charge in [-0.3, -0.25) is 9.59 Å². The summed E-state index contributed by atoms with van der Waals surface area (Å²) >= 11 is 0. The van der Waals surface area contributed by atoms with Crippen molar-refractivity contribution in [3.05, 3.63) is 54.1 Å². The molecule has 3 aromatic rings. The highest BCUT2D eigenvalue weighted by molar-refractivity contribution is 6.01. The Labute approximate surface area is 138 Å². The number of oxazole rings is 1. The number of aromatic nitrogens is 1.